The molecule has 0 aliphatic carbocycles. The SMILES string of the molecule is NC(=O)c1cc2c(cc1N)OCC1(CCN(Cc3ccccc3)CC1)O2. The molecule has 0 aromatic heterocycles. The molecule has 0 radical (unpaired) electrons. The zero-order valence-corrected chi connectivity index (χ0v) is 14.6. The van der Waals surface area contributed by atoms with Crippen LogP contribution in [0.1, 0.15) is 28.8 Å². The molecule has 6 heteroatoms. The first-order chi connectivity index (χ1) is 12.5. The summed E-state index contributed by atoms with van der Waals surface area (Å²) >= 11 is 0. The van der Waals surface area contributed by atoms with Gasteiger partial charge >= 0.3 is 0 Å². The molecule has 0 atom stereocenters. The van der Waals surface area contributed by atoms with Crippen LogP contribution in [0, 0.1) is 0 Å². The van der Waals surface area contributed by atoms with Crippen molar-refractivity contribution < 1.29 is 14.3 Å². The molecule has 2 heterocycles. The van der Waals surface area contributed by atoms with E-state index in [1.807, 2.05) is 6.07 Å². The van der Waals surface area contributed by atoms with Gasteiger partial charge in [-0.15, -0.1) is 0 Å². The van der Waals surface area contributed by atoms with E-state index in [9.17, 15) is 4.79 Å². The van der Waals surface area contributed by atoms with Crippen molar-refractivity contribution in [2.24, 2.45) is 5.73 Å². The summed E-state index contributed by atoms with van der Waals surface area (Å²) in [5, 5.41) is 0. The van der Waals surface area contributed by atoms with Crippen LogP contribution in [0.4, 0.5) is 5.69 Å². The average molecular weight is 353 g/mol. The third-order valence-electron chi connectivity index (χ3n) is 5.21. The van der Waals surface area contributed by atoms with Crippen LogP contribution >= 0.6 is 0 Å². The van der Waals surface area contributed by atoms with Crippen LogP contribution in [0.5, 0.6) is 11.5 Å². The smallest absolute Gasteiger partial charge is 0.250 e. The topological polar surface area (TPSA) is 90.8 Å². The van der Waals surface area contributed by atoms with Crippen LogP contribution in [-0.4, -0.2) is 36.1 Å². The maximum absolute atomic E-state index is 11.5. The number of nitrogens with two attached hydrogens (primary N) is 2. The maximum atomic E-state index is 11.5. The number of nitrogen functional groups attached to an aromatic ring is 1. The largest absolute Gasteiger partial charge is 0.485 e. The van der Waals surface area contributed by atoms with Crippen LogP contribution in [0.25, 0.3) is 0 Å². The Morgan fingerprint density at radius 3 is 2.54 bits per heavy atom. The van der Waals surface area contributed by atoms with Gasteiger partial charge in [-0.3, -0.25) is 9.69 Å². The molecule has 26 heavy (non-hydrogen) atoms. The quantitative estimate of drug-likeness (QED) is 0.825. The number of anilines is 1. The molecule has 0 saturated carbocycles. The number of likely N-dealkylation sites (tertiary alicyclic amines) is 1. The standard InChI is InChI=1S/C20H23N3O3/c21-16-11-17-18(10-15(16)19(22)24)26-20(13-25-17)6-8-23(9-7-20)12-14-4-2-1-3-5-14/h1-5,10-11H,6-9,12-13,21H2,(H2,22,24). The zero-order chi connectivity index (χ0) is 18.1. The van der Waals surface area contributed by atoms with Gasteiger partial charge in [0.05, 0.1) is 5.56 Å². The van der Waals surface area contributed by atoms with Crippen LogP contribution < -0.4 is 20.9 Å². The highest BCUT2D eigenvalue weighted by Gasteiger charge is 2.41. The Morgan fingerprint density at radius 2 is 1.85 bits per heavy atom. The Kier molecular flexibility index (Phi) is 4.20. The van der Waals surface area contributed by atoms with Gasteiger partial charge in [-0.2, -0.15) is 0 Å². The van der Waals surface area contributed by atoms with Crippen LogP contribution in [-0.2, 0) is 6.54 Å². The van der Waals surface area contributed by atoms with Crippen molar-refractivity contribution >= 4 is 11.6 Å². The van der Waals surface area contributed by atoms with Crippen molar-refractivity contribution in [3.63, 3.8) is 0 Å². The van der Waals surface area contributed by atoms with E-state index in [4.69, 9.17) is 20.9 Å². The van der Waals surface area contributed by atoms with Crippen molar-refractivity contribution in [3.05, 3.63) is 53.6 Å². The number of carbonyl (C=O) groups is 1. The van der Waals surface area contributed by atoms with E-state index >= 15 is 0 Å². The number of amides is 1. The van der Waals surface area contributed by atoms with Gasteiger partial charge in [0.15, 0.2) is 11.5 Å². The van der Waals surface area contributed by atoms with Gasteiger partial charge in [0.2, 0.25) is 0 Å². The lowest BCUT2D eigenvalue weighted by Gasteiger charge is -2.44. The fraction of sp³-hybridized carbons (Fsp3) is 0.350. The highest BCUT2D eigenvalue weighted by atomic mass is 16.6. The van der Waals surface area contributed by atoms with Crippen molar-refractivity contribution in [1.29, 1.82) is 0 Å². The molecule has 136 valence electrons. The van der Waals surface area contributed by atoms with E-state index in [-0.39, 0.29) is 11.2 Å². The number of fused-ring (bicyclic) bond motifs is 1. The van der Waals surface area contributed by atoms with E-state index in [2.05, 4.69) is 29.2 Å². The van der Waals surface area contributed by atoms with E-state index in [1.165, 1.54) is 5.56 Å². The number of carbonyl (C=O) groups excluding carboxylic acids is 1. The van der Waals surface area contributed by atoms with Gasteiger partial charge in [0.25, 0.3) is 5.91 Å². The summed E-state index contributed by atoms with van der Waals surface area (Å²) in [6, 6.07) is 13.7. The Hall–Kier alpha value is -2.73. The lowest BCUT2D eigenvalue weighted by atomic mass is 9.90. The zero-order valence-electron chi connectivity index (χ0n) is 14.6. The predicted molar refractivity (Wildman–Crippen MR) is 99.2 cm³/mol. The second-order valence-corrected chi connectivity index (χ2v) is 7.09. The number of ether oxygens (including phenoxy) is 2. The minimum absolute atomic E-state index is 0.269. The van der Waals surface area contributed by atoms with E-state index < -0.39 is 5.91 Å². The molecule has 0 bridgehead atoms. The number of nitrogens with zero attached hydrogens (tertiary/aromatic N) is 1. The first kappa shape index (κ1) is 16.7. The molecular weight excluding hydrogens is 330 g/mol. The summed E-state index contributed by atoms with van der Waals surface area (Å²) in [6.07, 6.45) is 1.74. The Bertz CT molecular complexity index is 815. The number of hydrogen-bond donors (Lipinski definition) is 2. The molecule has 2 aromatic carbocycles. The normalized spacial score (nSPS) is 18.6. The van der Waals surface area contributed by atoms with E-state index in [0.29, 0.717) is 23.8 Å². The lowest BCUT2D eigenvalue weighted by molar-refractivity contribution is -0.0534. The molecule has 1 spiro atoms. The van der Waals surface area contributed by atoms with Gasteiger partial charge in [-0.25, -0.2) is 0 Å². The Labute approximate surface area is 152 Å². The molecule has 1 amide bonds. The van der Waals surface area contributed by atoms with Crippen molar-refractivity contribution in [2.75, 3.05) is 25.4 Å². The van der Waals surface area contributed by atoms with E-state index in [1.54, 1.807) is 12.1 Å². The van der Waals surface area contributed by atoms with Gasteiger partial charge in [0, 0.05) is 44.2 Å². The highest BCUT2D eigenvalue weighted by molar-refractivity contribution is 5.98. The summed E-state index contributed by atoms with van der Waals surface area (Å²) in [7, 11) is 0. The minimum atomic E-state index is -0.564. The van der Waals surface area contributed by atoms with Crippen molar-refractivity contribution in [1.82, 2.24) is 4.90 Å². The molecule has 2 aliphatic rings. The number of primary amides is 1. The molecule has 0 unspecified atom stereocenters. The van der Waals surface area contributed by atoms with Gasteiger partial charge in [-0.1, -0.05) is 30.3 Å². The lowest BCUT2D eigenvalue weighted by Crippen LogP contribution is -2.52. The molecule has 1 saturated heterocycles. The molecule has 1 fully saturated rings. The third kappa shape index (κ3) is 3.20. The number of rotatable bonds is 3. The maximum Gasteiger partial charge on any atom is 0.250 e. The first-order valence-electron chi connectivity index (χ1n) is 8.86. The fourth-order valence-electron chi connectivity index (χ4n) is 3.66. The Morgan fingerprint density at radius 1 is 1.12 bits per heavy atom. The second kappa shape index (κ2) is 6.53. The van der Waals surface area contributed by atoms with Gasteiger partial charge < -0.3 is 20.9 Å². The third-order valence-corrected chi connectivity index (χ3v) is 5.21. The molecule has 4 rings (SSSR count). The molecule has 4 N–H and O–H groups in total. The van der Waals surface area contributed by atoms with Crippen molar-refractivity contribution in [3.8, 4) is 11.5 Å². The Balaban J connectivity index is 1.45. The summed E-state index contributed by atoms with van der Waals surface area (Å²) < 4.78 is 12.2. The number of hydrogen-bond acceptors (Lipinski definition) is 5. The van der Waals surface area contributed by atoms with E-state index in [0.717, 1.165) is 32.5 Å². The average Bonchev–Trinajstić information content (AvgIpc) is 2.64. The van der Waals surface area contributed by atoms with Crippen LogP contribution in [0.3, 0.4) is 0 Å². The first-order valence-corrected chi connectivity index (χ1v) is 8.86. The number of benzene rings is 2. The summed E-state index contributed by atoms with van der Waals surface area (Å²) in [5.74, 6) is 0.562. The highest BCUT2D eigenvalue weighted by Crippen LogP contribution is 2.41. The predicted octanol–water partition coefficient (Wildman–Crippen LogP) is 2.17. The minimum Gasteiger partial charge on any atom is -0.485 e. The summed E-state index contributed by atoms with van der Waals surface area (Å²) in [4.78, 5) is 14.0. The summed E-state index contributed by atoms with van der Waals surface area (Å²) in [6.45, 7) is 3.31. The fourth-order valence-corrected chi connectivity index (χ4v) is 3.66. The van der Waals surface area contributed by atoms with Crippen molar-refractivity contribution in [2.45, 2.75) is 25.0 Å². The summed E-state index contributed by atoms with van der Waals surface area (Å²) in [5.41, 5.74) is 12.8. The molecule has 2 aromatic rings. The molecular formula is C20H23N3O3. The van der Waals surface area contributed by atoms with Gasteiger partial charge in [-0.05, 0) is 11.6 Å². The molecule has 6 nitrogen and oxygen atoms in total. The monoisotopic (exact) mass is 353 g/mol. The van der Waals surface area contributed by atoms with Gasteiger partial charge in [0.1, 0.15) is 12.2 Å². The molecule has 2 aliphatic heterocycles. The van der Waals surface area contributed by atoms with Crippen LogP contribution in [0.2, 0.25) is 0 Å². The van der Waals surface area contributed by atoms with Crippen LogP contribution in [0.15, 0.2) is 42.5 Å². The number of piperidine rings is 1. The second-order valence-electron chi connectivity index (χ2n) is 7.09.